The molecule has 182 valence electrons. The summed E-state index contributed by atoms with van der Waals surface area (Å²) in [5.41, 5.74) is 3.31. The number of carbonyl (C=O) groups is 1. The molecular weight excluding hydrogens is 466 g/mol. The highest BCUT2D eigenvalue weighted by Crippen LogP contribution is 2.40. The first-order valence-electron chi connectivity index (χ1n) is 11.2. The lowest BCUT2D eigenvalue weighted by molar-refractivity contribution is 0.244. The fourth-order valence-electron chi connectivity index (χ4n) is 4.22. The van der Waals surface area contributed by atoms with Crippen molar-refractivity contribution in [1.29, 1.82) is 0 Å². The van der Waals surface area contributed by atoms with Crippen molar-refractivity contribution < 1.29 is 22.8 Å². The van der Waals surface area contributed by atoms with E-state index in [1.165, 1.54) is 29.2 Å². The zero-order chi connectivity index (χ0) is 25.4. The van der Waals surface area contributed by atoms with E-state index in [-0.39, 0.29) is 23.3 Å². The highest BCUT2D eigenvalue weighted by Gasteiger charge is 2.36. The van der Waals surface area contributed by atoms with Crippen molar-refractivity contribution in [2.24, 2.45) is 0 Å². The van der Waals surface area contributed by atoms with Crippen LogP contribution in [0.1, 0.15) is 30.0 Å². The van der Waals surface area contributed by atoms with E-state index in [1.54, 1.807) is 45.2 Å². The quantitative estimate of drug-likeness (QED) is 0.371. The zero-order valence-corrected chi connectivity index (χ0v) is 19.8. The summed E-state index contributed by atoms with van der Waals surface area (Å²) in [6.07, 6.45) is 0. The van der Waals surface area contributed by atoms with Crippen molar-refractivity contribution in [2.45, 2.75) is 19.9 Å². The van der Waals surface area contributed by atoms with Crippen molar-refractivity contribution in [3.05, 3.63) is 101 Å². The lowest BCUT2D eigenvalue weighted by Crippen LogP contribution is -2.46. The van der Waals surface area contributed by atoms with Crippen LogP contribution in [-0.2, 0) is 0 Å². The monoisotopic (exact) mass is 488 g/mol. The minimum atomic E-state index is -0.632. The summed E-state index contributed by atoms with van der Waals surface area (Å²) in [4.78, 5) is 19.3. The molecule has 36 heavy (non-hydrogen) atoms. The maximum atomic E-state index is 13.9. The standard InChI is InChI=1S/C27H22F2N4O3/c1-15-13-20(11-12-22(15)29)33-16(2)23(24(30-27(33)34)18-5-4-6-21(14-18)35-3)26-31-25(32-36-26)17-7-9-19(28)10-8-17/h4-14,24H,1-3H3,(H,30,34). The number of aromatic nitrogens is 2. The summed E-state index contributed by atoms with van der Waals surface area (Å²) in [7, 11) is 1.56. The number of anilines is 1. The van der Waals surface area contributed by atoms with Gasteiger partial charge in [0.05, 0.1) is 24.4 Å². The summed E-state index contributed by atoms with van der Waals surface area (Å²) in [6, 6.07) is 16.5. The van der Waals surface area contributed by atoms with Crippen LogP contribution in [-0.4, -0.2) is 23.3 Å². The van der Waals surface area contributed by atoms with Gasteiger partial charge in [0.15, 0.2) is 0 Å². The molecule has 2 heterocycles. The van der Waals surface area contributed by atoms with E-state index in [4.69, 9.17) is 9.26 Å². The smallest absolute Gasteiger partial charge is 0.326 e. The molecule has 3 aromatic carbocycles. The Hall–Kier alpha value is -4.53. The Kier molecular flexibility index (Phi) is 5.97. The number of ether oxygens (including phenoxy) is 1. The summed E-state index contributed by atoms with van der Waals surface area (Å²) < 4.78 is 38.4. The second-order valence-corrected chi connectivity index (χ2v) is 8.36. The summed E-state index contributed by atoms with van der Waals surface area (Å²) in [6.45, 7) is 3.40. The number of carbonyl (C=O) groups excluding carboxylic acids is 1. The number of methoxy groups -OCH3 is 1. The van der Waals surface area contributed by atoms with E-state index in [2.05, 4.69) is 15.5 Å². The second-order valence-electron chi connectivity index (χ2n) is 8.36. The molecule has 0 saturated heterocycles. The Morgan fingerprint density at radius 1 is 1.03 bits per heavy atom. The number of nitrogens with zero attached hydrogens (tertiary/aromatic N) is 3. The number of halogens is 2. The van der Waals surface area contributed by atoms with Gasteiger partial charge in [0.2, 0.25) is 5.82 Å². The molecule has 2 amide bonds. The third kappa shape index (κ3) is 4.19. The lowest BCUT2D eigenvalue weighted by atomic mass is 9.94. The molecule has 1 N–H and O–H groups in total. The number of allylic oxidation sites excluding steroid dienone is 1. The lowest BCUT2D eigenvalue weighted by Gasteiger charge is -2.35. The Labute approximate surface area is 206 Å². The number of hydrogen-bond donors (Lipinski definition) is 1. The number of urea groups is 1. The van der Waals surface area contributed by atoms with Crippen LogP contribution in [0.3, 0.4) is 0 Å². The molecule has 1 aliphatic heterocycles. The summed E-state index contributed by atoms with van der Waals surface area (Å²) >= 11 is 0. The van der Waals surface area contributed by atoms with E-state index in [0.29, 0.717) is 33.8 Å². The first-order valence-corrected chi connectivity index (χ1v) is 11.2. The fraction of sp³-hybridized carbons (Fsp3) is 0.148. The van der Waals surface area contributed by atoms with E-state index in [0.717, 1.165) is 5.56 Å². The first-order chi connectivity index (χ1) is 17.4. The van der Waals surface area contributed by atoms with Crippen molar-refractivity contribution in [3.63, 3.8) is 0 Å². The van der Waals surface area contributed by atoms with Gasteiger partial charge in [-0.2, -0.15) is 4.98 Å². The van der Waals surface area contributed by atoms with Crippen molar-refractivity contribution >= 4 is 17.3 Å². The molecule has 1 aliphatic rings. The number of benzene rings is 3. The number of nitrogens with one attached hydrogen (secondary N) is 1. The normalized spacial score (nSPS) is 15.8. The van der Waals surface area contributed by atoms with Gasteiger partial charge < -0.3 is 14.6 Å². The van der Waals surface area contributed by atoms with Gasteiger partial charge in [-0.1, -0.05) is 17.3 Å². The highest BCUT2D eigenvalue weighted by atomic mass is 19.1. The third-order valence-corrected chi connectivity index (χ3v) is 6.07. The van der Waals surface area contributed by atoms with E-state index in [9.17, 15) is 13.6 Å². The largest absolute Gasteiger partial charge is 0.497 e. The van der Waals surface area contributed by atoms with Crippen molar-refractivity contribution in [3.8, 4) is 17.1 Å². The highest BCUT2D eigenvalue weighted by molar-refractivity contribution is 6.01. The number of aryl methyl sites for hydroxylation is 1. The number of rotatable bonds is 5. The Morgan fingerprint density at radius 3 is 2.53 bits per heavy atom. The van der Waals surface area contributed by atoms with Crippen LogP contribution >= 0.6 is 0 Å². The van der Waals surface area contributed by atoms with Crippen LogP contribution < -0.4 is 15.0 Å². The Balaban J connectivity index is 1.66. The topological polar surface area (TPSA) is 80.5 Å². The maximum absolute atomic E-state index is 13.9. The van der Waals surface area contributed by atoms with Crippen LogP contribution in [0.2, 0.25) is 0 Å². The van der Waals surface area contributed by atoms with Gasteiger partial charge in [0.1, 0.15) is 17.4 Å². The van der Waals surface area contributed by atoms with Crippen LogP contribution in [0.15, 0.2) is 77.0 Å². The van der Waals surface area contributed by atoms with Gasteiger partial charge in [-0.25, -0.2) is 13.6 Å². The predicted octanol–water partition coefficient (Wildman–Crippen LogP) is 6.03. The molecule has 1 unspecified atom stereocenters. The predicted molar refractivity (Wildman–Crippen MR) is 130 cm³/mol. The van der Waals surface area contributed by atoms with Gasteiger partial charge >= 0.3 is 6.03 Å². The molecule has 0 aliphatic carbocycles. The van der Waals surface area contributed by atoms with Gasteiger partial charge in [0, 0.05) is 11.3 Å². The molecular formula is C27H22F2N4O3. The summed E-state index contributed by atoms with van der Waals surface area (Å²) in [5, 5.41) is 7.09. The summed E-state index contributed by atoms with van der Waals surface area (Å²) in [5.74, 6) is 0.333. The molecule has 1 aromatic heterocycles. The molecule has 5 rings (SSSR count). The Bertz CT molecular complexity index is 1480. The molecule has 1 atom stereocenters. The fourth-order valence-corrected chi connectivity index (χ4v) is 4.22. The third-order valence-electron chi connectivity index (χ3n) is 6.07. The molecule has 7 nitrogen and oxygen atoms in total. The second kappa shape index (κ2) is 9.26. The average molecular weight is 488 g/mol. The van der Waals surface area contributed by atoms with Crippen molar-refractivity contribution in [1.82, 2.24) is 15.5 Å². The van der Waals surface area contributed by atoms with Crippen molar-refractivity contribution in [2.75, 3.05) is 12.0 Å². The maximum Gasteiger partial charge on any atom is 0.326 e. The number of hydrogen-bond acceptors (Lipinski definition) is 5. The molecule has 0 saturated carbocycles. The molecule has 0 bridgehead atoms. The van der Waals surface area contributed by atoms with Crippen LogP contribution in [0.5, 0.6) is 5.75 Å². The molecule has 0 spiro atoms. The molecule has 9 heteroatoms. The van der Waals surface area contributed by atoms with Crippen LogP contribution in [0.25, 0.3) is 17.0 Å². The molecule has 0 fully saturated rings. The molecule has 0 radical (unpaired) electrons. The van der Waals surface area contributed by atoms with Gasteiger partial charge in [-0.15, -0.1) is 0 Å². The zero-order valence-electron chi connectivity index (χ0n) is 19.8. The van der Waals surface area contributed by atoms with E-state index >= 15 is 0 Å². The minimum absolute atomic E-state index is 0.184. The van der Waals surface area contributed by atoms with Gasteiger partial charge in [0.25, 0.3) is 5.89 Å². The Morgan fingerprint density at radius 2 is 1.81 bits per heavy atom. The average Bonchev–Trinajstić information content (AvgIpc) is 3.36. The minimum Gasteiger partial charge on any atom is -0.497 e. The van der Waals surface area contributed by atoms with Gasteiger partial charge in [-0.3, -0.25) is 4.90 Å². The van der Waals surface area contributed by atoms with E-state index < -0.39 is 12.1 Å². The first kappa shape index (κ1) is 23.2. The number of amides is 2. The molecule has 4 aromatic rings. The van der Waals surface area contributed by atoms with E-state index in [1.807, 2.05) is 18.2 Å². The van der Waals surface area contributed by atoms with Crippen LogP contribution in [0, 0.1) is 18.6 Å². The van der Waals surface area contributed by atoms with Crippen LogP contribution in [0.4, 0.5) is 19.3 Å². The van der Waals surface area contributed by atoms with Gasteiger partial charge in [-0.05, 0) is 79.6 Å². The SMILES string of the molecule is COc1cccc(C2NC(=O)N(c3ccc(F)c(C)c3)C(C)=C2c2nc(-c3ccc(F)cc3)no2)c1.